The van der Waals surface area contributed by atoms with Gasteiger partial charge >= 0.3 is 0 Å². The Morgan fingerprint density at radius 1 is 1.46 bits per heavy atom. The van der Waals surface area contributed by atoms with Crippen LogP contribution in [0.25, 0.3) is 0 Å². The highest BCUT2D eigenvalue weighted by Crippen LogP contribution is 2.22. The van der Waals surface area contributed by atoms with Crippen LogP contribution in [0, 0.1) is 5.92 Å². The minimum atomic E-state index is -2.12. The molecule has 0 unspecified atom stereocenters. The second-order valence-corrected chi connectivity index (χ2v) is 3.89. The maximum Gasteiger partial charge on any atom is 0.242 e. The normalized spacial score (nSPS) is 25.4. The molecular formula is C10H19F2N. The van der Waals surface area contributed by atoms with E-state index in [0.29, 0.717) is 13.0 Å². The van der Waals surface area contributed by atoms with Crippen molar-refractivity contribution in [2.75, 3.05) is 19.6 Å². The monoisotopic (exact) mass is 191 g/mol. The summed E-state index contributed by atoms with van der Waals surface area (Å²) in [7, 11) is 0. The number of hydrogen-bond donors (Lipinski definition) is 0. The van der Waals surface area contributed by atoms with E-state index in [1.54, 1.807) is 0 Å². The number of hydrogen-bond acceptors (Lipinski definition) is 1. The van der Waals surface area contributed by atoms with E-state index in [1.165, 1.54) is 0 Å². The van der Waals surface area contributed by atoms with E-state index >= 15 is 0 Å². The molecule has 1 aliphatic rings. The smallest absolute Gasteiger partial charge is 0.242 e. The molecule has 0 amide bonds. The fourth-order valence-corrected chi connectivity index (χ4v) is 1.88. The van der Waals surface area contributed by atoms with Crippen LogP contribution in [0.1, 0.15) is 32.6 Å². The zero-order valence-corrected chi connectivity index (χ0v) is 8.31. The molecule has 0 bridgehead atoms. The molecule has 0 spiro atoms. The fourth-order valence-electron chi connectivity index (χ4n) is 1.88. The Balaban J connectivity index is 2.25. The summed E-state index contributed by atoms with van der Waals surface area (Å²) in [4.78, 5) is 2.18. The van der Waals surface area contributed by atoms with Gasteiger partial charge in [0.05, 0.1) is 0 Å². The first-order valence-corrected chi connectivity index (χ1v) is 5.24. The largest absolute Gasteiger partial charge is 0.303 e. The summed E-state index contributed by atoms with van der Waals surface area (Å²) in [6, 6.07) is 0. The van der Waals surface area contributed by atoms with E-state index in [4.69, 9.17) is 0 Å². The Kier molecular flexibility index (Phi) is 4.64. The van der Waals surface area contributed by atoms with Crippen molar-refractivity contribution in [2.24, 2.45) is 5.92 Å². The maximum absolute atomic E-state index is 12.4. The van der Waals surface area contributed by atoms with Crippen molar-refractivity contribution in [2.45, 2.75) is 39.0 Å². The van der Waals surface area contributed by atoms with Gasteiger partial charge in [0.2, 0.25) is 6.43 Å². The Morgan fingerprint density at radius 2 is 2.23 bits per heavy atom. The summed E-state index contributed by atoms with van der Waals surface area (Å²) >= 11 is 0. The zero-order chi connectivity index (χ0) is 9.68. The van der Waals surface area contributed by atoms with Crippen LogP contribution in [0.4, 0.5) is 8.78 Å². The lowest BCUT2D eigenvalue weighted by Gasteiger charge is -2.32. The molecule has 1 saturated heterocycles. The molecule has 1 rings (SSSR count). The molecule has 0 aliphatic carbocycles. The predicted molar refractivity (Wildman–Crippen MR) is 50.1 cm³/mol. The molecular weight excluding hydrogens is 172 g/mol. The van der Waals surface area contributed by atoms with E-state index < -0.39 is 6.43 Å². The van der Waals surface area contributed by atoms with Crippen molar-refractivity contribution < 1.29 is 8.78 Å². The molecule has 0 aromatic carbocycles. The van der Waals surface area contributed by atoms with Crippen molar-refractivity contribution in [3.8, 4) is 0 Å². The number of piperidine rings is 1. The third-order valence-corrected chi connectivity index (χ3v) is 2.73. The van der Waals surface area contributed by atoms with E-state index in [-0.39, 0.29) is 5.92 Å². The number of nitrogens with zero attached hydrogens (tertiary/aromatic N) is 1. The van der Waals surface area contributed by atoms with E-state index in [0.717, 1.165) is 32.4 Å². The van der Waals surface area contributed by atoms with E-state index in [1.807, 2.05) is 0 Å². The van der Waals surface area contributed by atoms with Gasteiger partial charge in [0.15, 0.2) is 0 Å². The topological polar surface area (TPSA) is 3.24 Å². The Labute approximate surface area is 79.1 Å². The SMILES string of the molecule is CCCCN1CCC[C@H](C(F)F)C1. The Bertz CT molecular complexity index is 139. The van der Waals surface area contributed by atoms with Crippen molar-refractivity contribution in [1.29, 1.82) is 0 Å². The summed E-state index contributed by atoms with van der Waals surface area (Å²) in [6.45, 7) is 4.76. The van der Waals surface area contributed by atoms with Crippen LogP contribution >= 0.6 is 0 Å². The van der Waals surface area contributed by atoms with Gasteiger partial charge < -0.3 is 4.90 Å². The molecule has 0 saturated carbocycles. The van der Waals surface area contributed by atoms with Gasteiger partial charge in [-0.15, -0.1) is 0 Å². The summed E-state index contributed by atoms with van der Waals surface area (Å²) in [6.07, 6.45) is 1.81. The summed E-state index contributed by atoms with van der Waals surface area (Å²) in [5, 5.41) is 0. The van der Waals surface area contributed by atoms with Crippen LogP contribution in [0.3, 0.4) is 0 Å². The first-order valence-electron chi connectivity index (χ1n) is 5.24. The first kappa shape index (κ1) is 10.9. The maximum atomic E-state index is 12.4. The highest BCUT2D eigenvalue weighted by atomic mass is 19.3. The van der Waals surface area contributed by atoms with Gasteiger partial charge in [0.25, 0.3) is 0 Å². The number of likely N-dealkylation sites (tertiary alicyclic amines) is 1. The number of alkyl halides is 2. The third-order valence-electron chi connectivity index (χ3n) is 2.73. The Hall–Kier alpha value is -0.180. The lowest BCUT2D eigenvalue weighted by atomic mass is 9.98. The second-order valence-electron chi connectivity index (χ2n) is 3.89. The zero-order valence-electron chi connectivity index (χ0n) is 8.31. The van der Waals surface area contributed by atoms with Crippen LogP contribution in [0.15, 0.2) is 0 Å². The van der Waals surface area contributed by atoms with Crippen LogP contribution in [-0.2, 0) is 0 Å². The molecule has 1 nitrogen and oxygen atoms in total. The molecule has 13 heavy (non-hydrogen) atoms. The molecule has 0 radical (unpaired) electrons. The first-order chi connectivity index (χ1) is 6.24. The molecule has 78 valence electrons. The summed E-state index contributed by atoms with van der Waals surface area (Å²) in [5.41, 5.74) is 0. The molecule has 3 heteroatoms. The standard InChI is InChI=1S/C10H19F2N/c1-2-3-6-13-7-4-5-9(8-13)10(11)12/h9-10H,2-8H2,1H3/t9-/m0/s1. The molecule has 1 aliphatic heterocycles. The van der Waals surface area contributed by atoms with Crippen molar-refractivity contribution in [3.05, 3.63) is 0 Å². The van der Waals surface area contributed by atoms with Crippen LogP contribution < -0.4 is 0 Å². The highest BCUT2D eigenvalue weighted by molar-refractivity contribution is 4.74. The van der Waals surface area contributed by atoms with Gasteiger partial charge in [-0.05, 0) is 32.4 Å². The van der Waals surface area contributed by atoms with Crippen LogP contribution in [0.2, 0.25) is 0 Å². The van der Waals surface area contributed by atoms with E-state index in [2.05, 4.69) is 11.8 Å². The quantitative estimate of drug-likeness (QED) is 0.660. The van der Waals surface area contributed by atoms with Gasteiger partial charge in [-0.1, -0.05) is 13.3 Å². The molecule has 1 fully saturated rings. The fraction of sp³-hybridized carbons (Fsp3) is 1.00. The Morgan fingerprint density at radius 3 is 2.85 bits per heavy atom. The summed E-state index contributed by atoms with van der Waals surface area (Å²) < 4.78 is 24.8. The van der Waals surface area contributed by atoms with Crippen LogP contribution in [0.5, 0.6) is 0 Å². The minimum absolute atomic E-state index is 0.370. The number of rotatable bonds is 4. The van der Waals surface area contributed by atoms with Crippen molar-refractivity contribution in [3.63, 3.8) is 0 Å². The second kappa shape index (κ2) is 5.53. The van der Waals surface area contributed by atoms with Gasteiger partial charge in [-0.3, -0.25) is 0 Å². The summed E-state index contributed by atoms with van der Waals surface area (Å²) in [5.74, 6) is -0.370. The van der Waals surface area contributed by atoms with Gasteiger partial charge in [-0.2, -0.15) is 0 Å². The minimum Gasteiger partial charge on any atom is -0.303 e. The van der Waals surface area contributed by atoms with Crippen molar-refractivity contribution in [1.82, 2.24) is 4.90 Å². The molecule has 0 aromatic heterocycles. The van der Waals surface area contributed by atoms with Crippen LogP contribution in [-0.4, -0.2) is 31.0 Å². The lowest BCUT2D eigenvalue weighted by Crippen LogP contribution is -2.38. The highest BCUT2D eigenvalue weighted by Gasteiger charge is 2.26. The van der Waals surface area contributed by atoms with Gasteiger partial charge in [0, 0.05) is 12.5 Å². The molecule has 1 heterocycles. The number of unbranched alkanes of at least 4 members (excludes halogenated alkanes) is 1. The average molecular weight is 191 g/mol. The van der Waals surface area contributed by atoms with Gasteiger partial charge in [-0.25, -0.2) is 8.78 Å². The number of halogens is 2. The van der Waals surface area contributed by atoms with E-state index in [9.17, 15) is 8.78 Å². The van der Waals surface area contributed by atoms with Gasteiger partial charge in [0.1, 0.15) is 0 Å². The molecule has 0 aromatic rings. The average Bonchev–Trinajstić information content (AvgIpc) is 2.15. The lowest BCUT2D eigenvalue weighted by molar-refractivity contribution is 0.0274. The predicted octanol–water partition coefficient (Wildman–Crippen LogP) is 2.76. The molecule has 1 atom stereocenters. The third kappa shape index (κ3) is 3.59. The molecule has 0 N–H and O–H groups in total. The van der Waals surface area contributed by atoms with Crippen molar-refractivity contribution >= 4 is 0 Å².